The number of nitrogens with zero attached hydrogens (tertiary/aromatic N) is 4. The Morgan fingerprint density at radius 3 is 2.91 bits per heavy atom. The van der Waals surface area contributed by atoms with Crippen molar-refractivity contribution in [3.8, 4) is 11.8 Å². The largest absolute Gasteiger partial charge is 0.497 e. The minimum Gasteiger partial charge on any atom is -0.497 e. The number of fused-ring (bicyclic) bond motifs is 1. The number of aryl methyl sites for hydroxylation is 2. The highest BCUT2D eigenvalue weighted by Gasteiger charge is 2.27. The molecule has 0 bridgehead atoms. The summed E-state index contributed by atoms with van der Waals surface area (Å²) in [6.07, 6.45) is 5.02. The maximum absolute atomic E-state index is 12.6. The van der Waals surface area contributed by atoms with Gasteiger partial charge >= 0.3 is 6.03 Å². The van der Waals surface area contributed by atoms with E-state index in [-0.39, 0.29) is 11.9 Å². The summed E-state index contributed by atoms with van der Waals surface area (Å²) in [6, 6.07) is 9.70. The summed E-state index contributed by atoms with van der Waals surface area (Å²) in [5.41, 5.74) is 3.36. The predicted molar refractivity (Wildman–Crippen MR) is 129 cm³/mol. The van der Waals surface area contributed by atoms with E-state index < -0.39 is 0 Å². The Hall–Kier alpha value is -3.84. The van der Waals surface area contributed by atoms with Crippen LogP contribution in [0.15, 0.2) is 36.7 Å². The van der Waals surface area contributed by atoms with Gasteiger partial charge in [0.15, 0.2) is 0 Å². The zero-order chi connectivity index (χ0) is 24.1. The molecule has 0 saturated carbocycles. The van der Waals surface area contributed by atoms with Crippen molar-refractivity contribution in [3.05, 3.63) is 63.8 Å². The number of nitrogens with one attached hydrogen (secondary N) is 2. The highest BCUT2D eigenvalue weighted by atomic mass is 32.1. The molecule has 0 unspecified atom stereocenters. The fourth-order valence-electron chi connectivity index (χ4n) is 3.91. The minimum atomic E-state index is -0.162. The Morgan fingerprint density at radius 1 is 1.32 bits per heavy atom. The average Bonchev–Trinajstić information content (AvgIpc) is 3.42. The first-order valence-electron chi connectivity index (χ1n) is 10.9. The summed E-state index contributed by atoms with van der Waals surface area (Å²) >= 11 is 1.37. The Labute approximate surface area is 201 Å². The van der Waals surface area contributed by atoms with E-state index >= 15 is 0 Å². The SMILES string of the molecule is COc1cccc(CCC(=O)Nc2sc3c(c2C#N)CCN(C(=O)NCc2cnn(C)c2)C3)c1. The summed E-state index contributed by atoms with van der Waals surface area (Å²) in [5.74, 6) is 0.605. The molecular weight excluding hydrogens is 452 g/mol. The third-order valence-electron chi connectivity index (χ3n) is 5.69. The molecule has 0 atom stereocenters. The van der Waals surface area contributed by atoms with Crippen LogP contribution in [0.4, 0.5) is 9.80 Å². The first-order chi connectivity index (χ1) is 16.5. The van der Waals surface area contributed by atoms with Gasteiger partial charge in [0.05, 0.1) is 25.4 Å². The zero-order valence-electron chi connectivity index (χ0n) is 19.1. The molecule has 9 nitrogen and oxygen atoms in total. The number of carbonyl (C=O) groups is 2. The van der Waals surface area contributed by atoms with Gasteiger partial charge in [-0.25, -0.2) is 4.79 Å². The van der Waals surface area contributed by atoms with Gasteiger partial charge in [-0.15, -0.1) is 11.3 Å². The molecule has 0 spiro atoms. The number of aromatic nitrogens is 2. The van der Waals surface area contributed by atoms with Gasteiger partial charge in [-0.05, 0) is 36.1 Å². The Bertz CT molecular complexity index is 1240. The lowest BCUT2D eigenvalue weighted by Crippen LogP contribution is -2.42. The van der Waals surface area contributed by atoms with Crippen LogP contribution in [0.25, 0.3) is 0 Å². The summed E-state index contributed by atoms with van der Waals surface area (Å²) in [5, 5.41) is 20.2. The van der Waals surface area contributed by atoms with Crippen LogP contribution < -0.4 is 15.4 Å². The molecule has 2 N–H and O–H groups in total. The fourth-order valence-corrected chi connectivity index (χ4v) is 5.14. The van der Waals surface area contributed by atoms with Crippen molar-refractivity contribution in [1.82, 2.24) is 20.0 Å². The number of rotatable bonds is 7. The molecule has 3 amide bonds. The number of anilines is 1. The van der Waals surface area contributed by atoms with Gasteiger partial charge in [-0.3, -0.25) is 9.48 Å². The smallest absolute Gasteiger partial charge is 0.318 e. The van der Waals surface area contributed by atoms with Gasteiger partial charge in [0.2, 0.25) is 5.91 Å². The lowest BCUT2D eigenvalue weighted by molar-refractivity contribution is -0.116. The first-order valence-corrected chi connectivity index (χ1v) is 11.8. The number of ether oxygens (including phenoxy) is 1. The van der Waals surface area contributed by atoms with E-state index in [0.29, 0.717) is 49.5 Å². The topological polar surface area (TPSA) is 112 Å². The highest BCUT2D eigenvalue weighted by molar-refractivity contribution is 7.16. The quantitative estimate of drug-likeness (QED) is 0.542. The van der Waals surface area contributed by atoms with Crippen LogP contribution in [0.1, 0.15) is 33.6 Å². The molecule has 10 heteroatoms. The normalized spacial score (nSPS) is 12.6. The molecule has 0 radical (unpaired) electrons. The van der Waals surface area contributed by atoms with Gasteiger partial charge in [-0.1, -0.05) is 12.1 Å². The Morgan fingerprint density at radius 2 is 2.18 bits per heavy atom. The molecule has 4 rings (SSSR count). The maximum atomic E-state index is 12.6. The van der Waals surface area contributed by atoms with E-state index in [2.05, 4.69) is 21.8 Å². The third-order valence-corrected chi connectivity index (χ3v) is 6.82. The molecular formula is C24H26N6O3S. The van der Waals surface area contributed by atoms with Crippen LogP contribution in [-0.4, -0.2) is 40.3 Å². The minimum absolute atomic E-state index is 0.149. The van der Waals surface area contributed by atoms with Crippen LogP contribution in [-0.2, 0) is 37.8 Å². The van der Waals surface area contributed by atoms with Crippen LogP contribution in [0.5, 0.6) is 5.75 Å². The van der Waals surface area contributed by atoms with E-state index in [0.717, 1.165) is 27.3 Å². The number of benzene rings is 1. The second kappa shape index (κ2) is 10.4. The van der Waals surface area contributed by atoms with Crippen LogP contribution in [0.3, 0.4) is 0 Å². The van der Waals surface area contributed by atoms with E-state index in [9.17, 15) is 14.9 Å². The summed E-state index contributed by atoms with van der Waals surface area (Å²) in [7, 11) is 3.44. The number of amides is 3. The molecule has 1 aliphatic heterocycles. The molecule has 0 aliphatic carbocycles. The molecule has 176 valence electrons. The number of carbonyl (C=O) groups excluding carboxylic acids is 2. The summed E-state index contributed by atoms with van der Waals surface area (Å²) in [6.45, 7) is 1.33. The number of nitriles is 1. The number of hydrogen-bond acceptors (Lipinski definition) is 6. The van der Waals surface area contributed by atoms with Gasteiger partial charge < -0.3 is 20.3 Å². The van der Waals surface area contributed by atoms with Gasteiger partial charge in [0.25, 0.3) is 0 Å². The average molecular weight is 479 g/mol. The summed E-state index contributed by atoms with van der Waals surface area (Å²) in [4.78, 5) is 27.9. The molecule has 34 heavy (non-hydrogen) atoms. The van der Waals surface area contributed by atoms with Crippen molar-refractivity contribution in [1.29, 1.82) is 5.26 Å². The lowest BCUT2D eigenvalue weighted by atomic mass is 10.0. The molecule has 0 saturated heterocycles. The van der Waals surface area contributed by atoms with Crippen molar-refractivity contribution in [3.63, 3.8) is 0 Å². The van der Waals surface area contributed by atoms with Crippen molar-refractivity contribution < 1.29 is 14.3 Å². The first kappa shape index (κ1) is 23.3. The van der Waals surface area contributed by atoms with Crippen molar-refractivity contribution >= 4 is 28.3 Å². The number of urea groups is 1. The van der Waals surface area contributed by atoms with Crippen LogP contribution in [0.2, 0.25) is 0 Å². The monoisotopic (exact) mass is 478 g/mol. The molecule has 2 aromatic heterocycles. The second-order valence-corrected chi connectivity index (χ2v) is 9.18. The molecule has 3 heterocycles. The fraction of sp³-hybridized carbons (Fsp3) is 0.333. The predicted octanol–water partition coefficient (Wildman–Crippen LogP) is 3.20. The highest BCUT2D eigenvalue weighted by Crippen LogP contribution is 2.36. The van der Waals surface area contributed by atoms with Crippen LogP contribution >= 0.6 is 11.3 Å². The number of methoxy groups -OCH3 is 1. The second-order valence-electron chi connectivity index (χ2n) is 8.07. The summed E-state index contributed by atoms with van der Waals surface area (Å²) < 4.78 is 6.92. The number of hydrogen-bond donors (Lipinski definition) is 2. The van der Waals surface area contributed by atoms with Crippen molar-refractivity contribution in [2.24, 2.45) is 7.05 Å². The molecule has 0 fully saturated rings. The van der Waals surface area contributed by atoms with E-state index in [4.69, 9.17) is 4.74 Å². The molecule has 1 aromatic carbocycles. The lowest BCUT2D eigenvalue weighted by Gasteiger charge is -2.27. The van der Waals surface area contributed by atoms with Crippen molar-refractivity contribution in [2.45, 2.75) is 32.4 Å². The Balaban J connectivity index is 1.36. The van der Waals surface area contributed by atoms with E-state index in [1.807, 2.05) is 37.5 Å². The van der Waals surface area contributed by atoms with E-state index in [1.54, 1.807) is 22.9 Å². The van der Waals surface area contributed by atoms with Gasteiger partial charge in [-0.2, -0.15) is 10.4 Å². The third kappa shape index (κ3) is 5.38. The van der Waals surface area contributed by atoms with Crippen LogP contribution in [0, 0.1) is 11.3 Å². The molecule has 1 aliphatic rings. The van der Waals surface area contributed by atoms with Gasteiger partial charge in [0, 0.05) is 43.2 Å². The Kier molecular flexibility index (Phi) is 7.13. The van der Waals surface area contributed by atoms with Gasteiger partial charge in [0.1, 0.15) is 16.8 Å². The number of thiophene rings is 1. The standard InChI is InChI=1S/C24H26N6O3S/c1-29-14-17(13-27-29)12-26-24(32)30-9-8-19-20(11-25)23(34-21(19)15-30)28-22(31)7-6-16-4-3-5-18(10-16)33-2/h3-5,10,13-14H,6-9,12,15H2,1-2H3,(H,26,32)(H,28,31). The molecule has 3 aromatic rings. The van der Waals surface area contributed by atoms with Crippen molar-refractivity contribution in [2.75, 3.05) is 19.0 Å². The van der Waals surface area contributed by atoms with E-state index in [1.165, 1.54) is 11.3 Å². The zero-order valence-corrected chi connectivity index (χ0v) is 19.9. The maximum Gasteiger partial charge on any atom is 0.318 e.